The van der Waals surface area contributed by atoms with Gasteiger partial charge in [0.1, 0.15) is 0 Å². The Morgan fingerprint density at radius 3 is 3.50 bits per heavy atom. The molecular formula is C9H10N4O. The molecule has 0 spiro atoms. The molecule has 1 unspecified atom stereocenters. The van der Waals surface area contributed by atoms with Crippen molar-refractivity contribution in [3.63, 3.8) is 0 Å². The number of azide groups is 1. The molecule has 2 heterocycles. The largest absolute Gasteiger partial charge is 0.477 e. The lowest BCUT2D eigenvalue weighted by Gasteiger charge is -2.23. The number of hydrogen-bond donors (Lipinski definition) is 0. The van der Waals surface area contributed by atoms with Gasteiger partial charge in [-0.05, 0) is 23.9 Å². The van der Waals surface area contributed by atoms with Gasteiger partial charge in [0.25, 0.3) is 0 Å². The van der Waals surface area contributed by atoms with Crippen molar-refractivity contribution in [3.8, 4) is 5.88 Å². The highest BCUT2D eigenvalue weighted by Gasteiger charge is 2.20. The van der Waals surface area contributed by atoms with Crippen molar-refractivity contribution < 1.29 is 4.74 Å². The molecule has 1 aliphatic rings. The second-order valence-corrected chi connectivity index (χ2v) is 3.15. The molecule has 0 radical (unpaired) electrons. The first kappa shape index (κ1) is 8.84. The Hall–Kier alpha value is -1.74. The zero-order valence-corrected chi connectivity index (χ0v) is 7.63. The molecule has 1 aromatic heterocycles. The lowest BCUT2D eigenvalue weighted by atomic mass is 9.95. The molecule has 1 aromatic rings. The molecule has 0 saturated carbocycles. The Labute approximate surface area is 81.4 Å². The summed E-state index contributed by atoms with van der Waals surface area (Å²) in [5.74, 6) is 0.931. The fourth-order valence-corrected chi connectivity index (χ4v) is 1.61. The van der Waals surface area contributed by atoms with E-state index in [1.807, 2.05) is 12.1 Å². The highest BCUT2D eigenvalue weighted by Crippen LogP contribution is 2.31. The fourth-order valence-electron chi connectivity index (χ4n) is 1.61. The summed E-state index contributed by atoms with van der Waals surface area (Å²) < 4.78 is 5.39. The minimum Gasteiger partial charge on any atom is -0.477 e. The van der Waals surface area contributed by atoms with Gasteiger partial charge < -0.3 is 4.74 Å². The summed E-state index contributed by atoms with van der Waals surface area (Å²) in [6.45, 7) is 1.13. The smallest absolute Gasteiger partial charge is 0.216 e. The Balaban J connectivity index is 2.26. The Kier molecular flexibility index (Phi) is 2.51. The van der Waals surface area contributed by atoms with Crippen LogP contribution in [0.25, 0.3) is 10.4 Å². The SMILES string of the molecule is [N-]=[N+]=NCC1CCOc2ncccc21. The summed E-state index contributed by atoms with van der Waals surface area (Å²) in [7, 11) is 0. The van der Waals surface area contributed by atoms with E-state index in [2.05, 4.69) is 15.0 Å². The van der Waals surface area contributed by atoms with Crippen LogP contribution < -0.4 is 4.74 Å². The van der Waals surface area contributed by atoms with E-state index in [-0.39, 0.29) is 5.92 Å². The Bertz CT molecular complexity index is 373. The molecular weight excluding hydrogens is 180 g/mol. The molecule has 0 fully saturated rings. The third-order valence-corrected chi connectivity index (χ3v) is 2.31. The third kappa shape index (κ3) is 1.63. The highest BCUT2D eigenvalue weighted by atomic mass is 16.5. The van der Waals surface area contributed by atoms with Gasteiger partial charge in [-0.3, -0.25) is 0 Å². The molecule has 0 saturated heterocycles. The molecule has 0 bridgehead atoms. The van der Waals surface area contributed by atoms with Crippen LogP contribution in [-0.4, -0.2) is 18.1 Å². The number of pyridine rings is 1. The van der Waals surface area contributed by atoms with E-state index in [0.717, 1.165) is 12.0 Å². The van der Waals surface area contributed by atoms with E-state index in [9.17, 15) is 0 Å². The van der Waals surface area contributed by atoms with E-state index >= 15 is 0 Å². The van der Waals surface area contributed by atoms with E-state index in [4.69, 9.17) is 10.3 Å². The van der Waals surface area contributed by atoms with Crippen molar-refractivity contribution in [1.29, 1.82) is 0 Å². The van der Waals surface area contributed by atoms with Crippen LogP contribution in [0.15, 0.2) is 23.4 Å². The zero-order chi connectivity index (χ0) is 9.80. The summed E-state index contributed by atoms with van der Waals surface area (Å²) in [4.78, 5) is 6.89. The van der Waals surface area contributed by atoms with E-state index in [1.165, 1.54) is 0 Å². The van der Waals surface area contributed by atoms with Crippen LogP contribution in [0.4, 0.5) is 0 Å². The molecule has 0 aromatic carbocycles. The lowest BCUT2D eigenvalue weighted by molar-refractivity contribution is 0.257. The molecule has 0 amide bonds. The maximum atomic E-state index is 8.26. The lowest BCUT2D eigenvalue weighted by Crippen LogP contribution is -2.16. The molecule has 14 heavy (non-hydrogen) atoms. The van der Waals surface area contributed by atoms with Crippen LogP contribution in [0.2, 0.25) is 0 Å². The molecule has 0 N–H and O–H groups in total. The van der Waals surface area contributed by atoms with Crippen LogP contribution in [0, 0.1) is 0 Å². The maximum absolute atomic E-state index is 8.26. The number of aromatic nitrogens is 1. The standard InChI is InChI=1S/C9H10N4O/c10-13-12-6-7-3-5-14-9-8(7)2-1-4-11-9/h1-2,4,7H,3,5-6H2. The predicted molar refractivity (Wildman–Crippen MR) is 51.1 cm³/mol. The van der Waals surface area contributed by atoms with Gasteiger partial charge in [0, 0.05) is 23.2 Å². The summed E-state index contributed by atoms with van der Waals surface area (Å²) in [5.41, 5.74) is 9.30. The van der Waals surface area contributed by atoms with Crippen molar-refractivity contribution in [1.82, 2.24) is 4.98 Å². The van der Waals surface area contributed by atoms with Gasteiger partial charge in [-0.1, -0.05) is 11.2 Å². The fraction of sp³-hybridized carbons (Fsp3) is 0.444. The van der Waals surface area contributed by atoms with Gasteiger partial charge in [0.05, 0.1) is 6.61 Å². The van der Waals surface area contributed by atoms with Crippen molar-refractivity contribution in [2.24, 2.45) is 5.11 Å². The number of fused-ring (bicyclic) bond motifs is 1. The average molecular weight is 190 g/mol. The van der Waals surface area contributed by atoms with Crippen molar-refractivity contribution in [2.75, 3.05) is 13.2 Å². The number of nitrogens with zero attached hydrogens (tertiary/aromatic N) is 4. The number of rotatable bonds is 2. The van der Waals surface area contributed by atoms with Gasteiger partial charge in [0.2, 0.25) is 5.88 Å². The van der Waals surface area contributed by atoms with Gasteiger partial charge in [-0.2, -0.15) is 0 Å². The first-order valence-electron chi connectivity index (χ1n) is 4.50. The quantitative estimate of drug-likeness (QED) is 0.407. The van der Waals surface area contributed by atoms with Crippen LogP contribution in [0.5, 0.6) is 5.88 Å². The predicted octanol–water partition coefficient (Wildman–Crippen LogP) is 2.26. The Morgan fingerprint density at radius 1 is 1.71 bits per heavy atom. The number of hydrogen-bond acceptors (Lipinski definition) is 3. The normalized spacial score (nSPS) is 19.0. The first-order chi connectivity index (χ1) is 6.92. The van der Waals surface area contributed by atoms with Gasteiger partial charge in [0.15, 0.2) is 0 Å². The average Bonchev–Trinajstić information content (AvgIpc) is 2.26. The van der Waals surface area contributed by atoms with Gasteiger partial charge in [-0.15, -0.1) is 0 Å². The first-order valence-corrected chi connectivity index (χ1v) is 4.50. The minimum absolute atomic E-state index is 0.253. The summed E-state index contributed by atoms with van der Waals surface area (Å²) in [5, 5.41) is 3.59. The molecule has 72 valence electrons. The number of ether oxygens (including phenoxy) is 1. The Morgan fingerprint density at radius 2 is 2.64 bits per heavy atom. The maximum Gasteiger partial charge on any atom is 0.216 e. The van der Waals surface area contributed by atoms with Crippen molar-refractivity contribution >= 4 is 0 Å². The minimum atomic E-state index is 0.253. The summed E-state index contributed by atoms with van der Waals surface area (Å²) >= 11 is 0. The van der Waals surface area contributed by atoms with Gasteiger partial charge >= 0.3 is 0 Å². The summed E-state index contributed by atoms with van der Waals surface area (Å²) in [6.07, 6.45) is 2.59. The van der Waals surface area contributed by atoms with Crippen LogP contribution in [-0.2, 0) is 0 Å². The molecule has 0 aliphatic carbocycles. The van der Waals surface area contributed by atoms with Crippen LogP contribution in [0.3, 0.4) is 0 Å². The van der Waals surface area contributed by atoms with Crippen molar-refractivity contribution in [3.05, 3.63) is 34.3 Å². The summed E-state index contributed by atoms with van der Waals surface area (Å²) in [6, 6.07) is 3.84. The molecule has 2 rings (SSSR count). The van der Waals surface area contributed by atoms with E-state index in [1.54, 1.807) is 6.20 Å². The third-order valence-electron chi connectivity index (χ3n) is 2.31. The molecule has 5 nitrogen and oxygen atoms in total. The second-order valence-electron chi connectivity index (χ2n) is 3.15. The second kappa shape index (κ2) is 3.98. The molecule has 5 heteroatoms. The van der Waals surface area contributed by atoms with Crippen molar-refractivity contribution in [2.45, 2.75) is 12.3 Å². The van der Waals surface area contributed by atoms with E-state index < -0.39 is 0 Å². The van der Waals surface area contributed by atoms with E-state index in [0.29, 0.717) is 19.0 Å². The van der Waals surface area contributed by atoms with Crippen LogP contribution >= 0.6 is 0 Å². The molecule has 1 atom stereocenters. The molecule has 1 aliphatic heterocycles. The monoisotopic (exact) mass is 190 g/mol. The zero-order valence-electron chi connectivity index (χ0n) is 7.63. The highest BCUT2D eigenvalue weighted by molar-refractivity contribution is 5.31. The topological polar surface area (TPSA) is 70.9 Å². The van der Waals surface area contributed by atoms with Crippen LogP contribution in [0.1, 0.15) is 17.9 Å². The van der Waals surface area contributed by atoms with Gasteiger partial charge in [-0.25, -0.2) is 4.98 Å².